The summed E-state index contributed by atoms with van der Waals surface area (Å²) in [6.07, 6.45) is 0. The van der Waals surface area contributed by atoms with Gasteiger partial charge in [0.25, 0.3) is 0 Å². The minimum Gasteiger partial charge on any atom is -0.213 e. The molecule has 2 rings (SSSR count). The van der Waals surface area contributed by atoms with E-state index in [0.717, 1.165) is 6.07 Å². The summed E-state index contributed by atoms with van der Waals surface area (Å²) < 4.78 is 26.3. The third-order valence-electron chi connectivity index (χ3n) is 1.95. The van der Waals surface area contributed by atoms with E-state index >= 15 is 0 Å². The summed E-state index contributed by atoms with van der Waals surface area (Å²) in [5.41, 5.74) is 0.302. The second-order valence-electron chi connectivity index (χ2n) is 3.07. The van der Waals surface area contributed by atoms with Gasteiger partial charge in [-0.05, 0) is 18.2 Å². The van der Waals surface area contributed by atoms with Gasteiger partial charge in [-0.3, -0.25) is 0 Å². The van der Waals surface area contributed by atoms with Crippen LogP contribution in [0.3, 0.4) is 0 Å². The summed E-state index contributed by atoms with van der Waals surface area (Å²) in [6.45, 7) is 0. The van der Waals surface area contributed by atoms with Gasteiger partial charge in [0.2, 0.25) is 0 Å². The Hall–Kier alpha value is -0.970. The van der Waals surface area contributed by atoms with E-state index in [1.54, 1.807) is 0 Å². The Labute approximate surface area is 110 Å². The van der Waals surface area contributed by atoms with E-state index in [1.807, 2.05) is 0 Å². The largest absolute Gasteiger partial charge is 0.213 e. The number of benzene rings is 1. The lowest BCUT2D eigenvalue weighted by atomic mass is 10.2. The molecule has 0 unspecified atom stereocenters. The van der Waals surface area contributed by atoms with Crippen LogP contribution < -0.4 is 0 Å². The lowest BCUT2D eigenvalue weighted by Gasteiger charge is -2.03. The van der Waals surface area contributed by atoms with Crippen molar-refractivity contribution >= 4 is 34.8 Å². The van der Waals surface area contributed by atoms with Gasteiger partial charge >= 0.3 is 0 Å². The first-order chi connectivity index (χ1) is 7.99. The Kier molecular flexibility index (Phi) is 3.47. The van der Waals surface area contributed by atoms with E-state index in [2.05, 4.69) is 9.97 Å². The first kappa shape index (κ1) is 12.5. The van der Waals surface area contributed by atoms with Crippen LogP contribution in [0.5, 0.6) is 0 Å². The normalized spacial score (nSPS) is 10.6. The maximum Gasteiger partial charge on any atom is 0.197 e. The van der Waals surface area contributed by atoms with E-state index in [4.69, 9.17) is 34.8 Å². The quantitative estimate of drug-likeness (QED) is 0.730. The van der Waals surface area contributed by atoms with Gasteiger partial charge in [0, 0.05) is 5.56 Å². The minimum atomic E-state index is -0.911. The highest BCUT2D eigenvalue weighted by molar-refractivity contribution is 6.33. The summed E-state index contributed by atoms with van der Waals surface area (Å²) >= 11 is 16.5. The zero-order valence-corrected chi connectivity index (χ0v) is 10.3. The Morgan fingerprint density at radius 1 is 0.941 bits per heavy atom. The molecule has 2 aromatic rings. The molecule has 0 N–H and O–H groups in total. The number of hydrogen-bond acceptors (Lipinski definition) is 2. The first-order valence-corrected chi connectivity index (χ1v) is 5.46. The highest BCUT2D eigenvalue weighted by atomic mass is 35.5. The van der Waals surface area contributed by atoms with Gasteiger partial charge in [0.15, 0.2) is 21.9 Å². The molecule has 0 bridgehead atoms. The first-order valence-electron chi connectivity index (χ1n) is 4.33. The monoisotopic (exact) mass is 294 g/mol. The van der Waals surface area contributed by atoms with Crippen molar-refractivity contribution < 1.29 is 8.78 Å². The Balaban J connectivity index is 2.57. The fourth-order valence-corrected chi connectivity index (χ4v) is 1.66. The van der Waals surface area contributed by atoms with Crippen molar-refractivity contribution in [3.63, 3.8) is 0 Å². The molecule has 0 atom stereocenters. The number of hydrogen-bond donors (Lipinski definition) is 0. The average molecular weight is 296 g/mol. The van der Waals surface area contributed by atoms with Gasteiger partial charge in [-0.25, -0.2) is 18.7 Å². The van der Waals surface area contributed by atoms with Crippen molar-refractivity contribution in [3.05, 3.63) is 45.2 Å². The topological polar surface area (TPSA) is 25.8 Å². The van der Waals surface area contributed by atoms with Crippen molar-refractivity contribution in [1.29, 1.82) is 0 Å². The molecule has 7 heteroatoms. The van der Waals surface area contributed by atoms with Crippen LogP contribution in [0.4, 0.5) is 8.78 Å². The number of nitrogens with zero attached hydrogens (tertiary/aromatic N) is 2. The van der Waals surface area contributed by atoms with Crippen LogP contribution in [0.25, 0.3) is 11.4 Å². The SMILES string of the molecule is Fc1cc(-c2nc(Cl)c(F)c(Cl)n2)ccc1Cl. The molecule has 1 aromatic carbocycles. The molecule has 0 aliphatic heterocycles. The summed E-state index contributed by atoms with van der Waals surface area (Å²) in [5.74, 6) is -1.52. The minimum absolute atomic E-state index is 0.0250. The van der Waals surface area contributed by atoms with E-state index in [0.29, 0.717) is 5.56 Å². The van der Waals surface area contributed by atoms with Crippen molar-refractivity contribution in [2.24, 2.45) is 0 Å². The standard InChI is InChI=1S/C10H3Cl3F2N2/c11-5-2-1-4(3-6(5)14)10-16-8(12)7(15)9(13)17-10/h1-3H. The molecule has 1 aromatic heterocycles. The van der Waals surface area contributed by atoms with Gasteiger partial charge in [0.05, 0.1) is 5.02 Å². The second kappa shape index (κ2) is 4.72. The molecular formula is C10H3Cl3F2N2. The molecule has 17 heavy (non-hydrogen) atoms. The second-order valence-corrected chi connectivity index (χ2v) is 4.19. The van der Waals surface area contributed by atoms with Crippen LogP contribution in [0.15, 0.2) is 18.2 Å². The maximum atomic E-state index is 13.2. The Morgan fingerprint density at radius 3 is 2.06 bits per heavy atom. The highest BCUT2D eigenvalue weighted by Gasteiger charge is 2.13. The van der Waals surface area contributed by atoms with E-state index in [9.17, 15) is 8.78 Å². The molecule has 0 spiro atoms. The molecule has 0 aliphatic rings. The van der Waals surface area contributed by atoms with Crippen molar-refractivity contribution in [3.8, 4) is 11.4 Å². The third-order valence-corrected chi connectivity index (χ3v) is 2.76. The predicted octanol–water partition coefficient (Wildman–Crippen LogP) is 4.38. The lowest BCUT2D eigenvalue weighted by Crippen LogP contribution is -1.95. The zero-order chi connectivity index (χ0) is 12.6. The van der Waals surface area contributed by atoms with Crippen LogP contribution >= 0.6 is 34.8 Å². The summed E-state index contributed by atoms with van der Waals surface area (Å²) in [4.78, 5) is 7.32. The maximum absolute atomic E-state index is 13.2. The molecule has 0 amide bonds. The molecule has 88 valence electrons. The fourth-order valence-electron chi connectivity index (χ4n) is 1.16. The van der Waals surface area contributed by atoms with E-state index in [-0.39, 0.29) is 10.8 Å². The molecule has 0 aliphatic carbocycles. The van der Waals surface area contributed by atoms with Crippen LogP contribution in [-0.2, 0) is 0 Å². The van der Waals surface area contributed by atoms with Gasteiger partial charge in [-0.1, -0.05) is 34.8 Å². The summed E-state index contributed by atoms with van der Waals surface area (Å²) in [5, 5.41) is -0.876. The van der Waals surface area contributed by atoms with Crippen LogP contribution in [-0.4, -0.2) is 9.97 Å². The molecule has 0 fully saturated rings. The van der Waals surface area contributed by atoms with E-state index < -0.39 is 21.9 Å². The Morgan fingerprint density at radius 2 is 1.53 bits per heavy atom. The summed E-state index contributed by atoms with van der Waals surface area (Å²) in [7, 11) is 0. The molecule has 1 heterocycles. The fraction of sp³-hybridized carbons (Fsp3) is 0. The van der Waals surface area contributed by atoms with Crippen LogP contribution in [0, 0.1) is 11.6 Å². The van der Waals surface area contributed by atoms with E-state index in [1.165, 1.54) is 12.1 Å². The van der Waals surface area contributed by atoms with Gasteiger partial charge in [-0.15, -0.1) is 0 Å². The molecule has 0 saturated carbocycles. The lowest BCUT2D eigenvalue weighted by molar-refractivity contribution is 0.615. The number of rotatable bonds is 1. The molecule has 0 radical (unpaired) electrons. The molecule has 2 nitrogen and oxygen atoms in total. The predicted molar refractivity (Wildman–Crippen MR) is 62.4 cm³/mol. The molecular weight excluding hydrogens is 292 g/mol. The third kappa shape index (κ3) is 2.49. The van der Waals surface area contributed by atoms with Crippen molar-refractivity contribution in [1.82, 2.24) is 9.97 Å². The van der Waals surface area contributed by atoms with Crippen LogP contribution in [0.2, 0.25) is 15.3 Å². The van der Waals surface area contributed by atoms with Crippen molar-refractivity contribution in [2.45, 2.75) is 0 Å². The number of aromatic nitrogens is 2. The van der Waals surface area contributed by atoms with Gasteiger partial charge < -0.3 is 0 Å². The number of halogens is 5. The van der Waals surface area contributed by atoms with Gasteiger partial charge in [-0.2, -0.15) is 0 Å². The highest BCUT2D eigenvalue weighted by Crippen LogP contribution is 2.26. The Bertz CT molecular complexity index is 567. The smallest absolute Gasteiger partial charge is 0.197 e. The summed E-state index contributed by atoms with van der Waals surface area (Å²) in [6, 6.07) is 3.92. The molecule has 0 saturated heterocycles. The van der Waals surface area contributed by atoms with Gasteiger partial charge in [0.1, 0.15) is 5.82 Å². The zero-order valence-electron chi connectivity index (χ0n) is 8.02. The van der Waals surface area contributed by atoms with Crippen LogP contribution in [0.1, 0.15) is 0 Å². The van der Waals surface area contributed by atoms with Crippen molar-refractivity contribution in [2.75, 3.05) is 0 Å². The average Bonchev–Trinajstić information content (AvgIpc) is 2.29.